The van der Waals surface area contributed by atoms with E-state index in [9.17, 15) is 4.79 Å². The van der Waals surface area contributed by atoms with Crippen LogP contribution < -0.4 is 4.90 Å². The number of fused-ring (bicyclic) bond motifs is 1. The van der Waals surface area contributed by atoms with Crippen molar-refractivity contribution >= 4 is 50.1 Å². The minimum absolute atomic E-state index is 0.00255. The summed E-state index contributed by atoms with van der Waals surface area (Å²) in [5.74, 6) is 0.657. The molecule has 0 saturated carbocycles. The fourth-order valence-electron chi connectivity index (χ4n) is 3.10. The summed E-state index contributed by atoms with van der Waals surface area (Å²) in [5.41, 5.74) is 1.75. The lowest BCUT2D eigenvalue weighted by atomic mass is 10.1. The average molecular weight is 468 g/mol. The number of amides is 1. The molecule has 0 radical (unpaired) electrons. The Bertz CT molecular complexity index is 1140. The molecule has 4 aromatic rings. The lowest BCUT2D eigenvalue weighted by Gasteiger charge is -2.22. The molecule has 1 aromatic heterocycles. The zero-order valence-corrected chi connectivity index (χ0v) is 18.1. The first-order chi connectivity index (χ1) is 14.2. The number of nitrogens with zero attached hydrogens (tertiary/aromatic N) is 3. The van der Waals surface area contributed by atoms with Gasteiger partial charge in [-0.05, 0) is 42.6 Å². The second-order valence-electron chi connectivity index (χ2n) is 6.30. The van der Waals surface area contributed by atoms with Crippen molar-refractivity contribution in [2.45, 2.75) is 12.1 Å². The van der Waals surface area contributed by atoms with Crippen molar-refractivity contribution in [2.75, 3.05) is 17.2 Å². The van der Waals surface area contributed by atoms with Crippen LogP contribution in [0.3, 0.4) is 0 Å². The second kappa shape index (κ2) is 8.80. The monoisotopic (exact) mass is 467 g/mol. The van der Waals surface area contributed by atoms with Gasteiger partial charge in [-0.2, -0.15) is 0 Å². The Kier molecular flexibility index (Phi) is 5.97. The molecule has 7 heteroatoms. The van der Waals surface area contributed by atoms with E-state index in [0.717, 1.165) is 26.5 Å². The van der Waals surface area contributed by atoms with Gasteiger partial charge in [0.15, 0.2) is 0 Å². The van der Waals surface area contributed by atoms with Gasteiger partial charge in [0.2, 0.25) is 11.8 Å². The number of benzene rings is 3. The van der Waals surface area contributed by atoms with Gasteiger partial charge in [-0.25, -0.2) is 0 Å². The molecule has 0 unspecified atom stereocenters. The number of thioether (sulfide) groups is 1. The lowest BCUT2D eigenvalue weighted by molar-refractivity contribution is -0.116. The van der Waals surface area contributed by atoms with Gasteiger partial charge in [0, 0.05) is 22.0 Å². The summed E-state index contributed by atoms with van der Waals surface area (Å²) in [4.78, 5) is 14.7. The molecule has 146 valence electrons. The molecule has 0 aliphatic heterocycles. The van der Waals surface area contributed by atoms with E-state index in [4.69, 9.17) is 4.42 Å². The van der Waals surface area contributed by atoms with Crippen molar-refractivity contribution in [1.29, 1.82) is 0 Å². The summed E-state index contributed by atoms with van der Waals surface area (Å²) >= 11 is 4.66. The third-order valence-electron chi connectivity index (χ3n) is 4.49. The predicted molar refractivity (Wildman–Crippen MR) is 120 cm³/mol. The molecule has 0 aliphatic rings. The number of carbonyl (C=O) groups is 1. The Hall–Kier alpha value is -2.64. The van der Waals surface area contributed by atoms with Crippen LogP contribution in [0, 0.1) is 0 Å². The van der Waals surface area contributed by atoms with E-state index in [1.165, 1.54) is 11.8 Å². The molecule has 0 aliphatic carbocycles. The minimum atomic E-state index is -0.00255. The summed E-state index contributed by atoms with van der Waals surface area (Å²) in [6.07, 6.45) is 0. The molecular formula is C22H18BrN3O2S. The van der Waals surface area contributed by atoms with Crippen LogP contribution in [-0.2, 0) is 4.79 Å². The smallest absolute Gasteiger partial charge is 0.277 e. The molecule has 5 nitrogen and oxygen atoms in total. The normalized spacial score (nSPS) is 11.0. The van der Waals surface area contributed by atoms with Crippen molar-refractivity contribution in [3.8, 4) is 11.5 Å². The van der Waals surface area contributed by atoms with Crippen LogP contribution in [0.4, 0.5) is 5.69 Å². The van der Waals surface area contributed by atoms with Crippen LogP contribution in [0.1, 0.15) is 6.92 Å². The Balaban J connectivity index is 1.48. The Labute approximate surface area is 181 Å². The number of carbonyl (C=O) groups excluding carboxylic acids is 1. The van der Waals surface area contributed by atoms with Gasteiger partial charge in [0.1, 0.15) is 0 Å². The van der Waals surface area contributed by atoms with Gasteiger partial charge in [-0.15, -0.1) is 10.2 Å². The highest BCUT2D eigenvalue weighted by molar-refractivity contribution is 9.10. The number of halogens is 1. The van der Waals surface area contributed by atoms with E-state index < -0.39 is 0 Å². The standard InChI is InChI=1S/C22H18BrN3O2S/c1-2-26(19-9-5-7-15-6-3-4-8-18(15)19)20(27)14-29-22-25-24-21(28-22)16-10-12-17(23)13-11-16/h3-13H,2,14H2,1H3. The van der Waals surface area contributed by atoms with Gasteiger partial charge in [0.05, 0.1) is 11.4 Å². The molecule has 1 heterocycles. The molecule has 0 atom stereocenters. The first-order valence-electron chi connectivity index (χ1n) is 9.16. The topological polar surface area (TPSA) is 59.2 Å². The Morgan fingerprint density at radius 2 is 1.79 bits per heavy atom. The van der Waals surface area contributed by atoms with E-state index in [1.54, 1.807) is 4.90 Å². The van der Waals surface area contributed by atoms with Gasteiger partial charge < -0.3 is 9.32 Å². The first kappa shape index (κ1) is 19.7. The SMILES string of the molecule is CCN(C(=O)CSc1nnc(-c2ccc(Br)cc2)o1)c1cccc2ccccc12. The van der Waals surface area contributed by atoms with Crippen LogP contribution >= 0.6 is 27.7 Å². The highest BCUT2D eigenvalue weighted by atomic mass is 79.9. The summed E-state index contributed by atoms with van der Waals surface area (Å²) in [6.45, 7) is 2.56. The molecule has 4 rings (SSSR count). The fourth-order valence-corrected chi connectivity index (χ4v) is 4.01. The Morgan fingerprint density at radius 3 is 2.59 bits per heavy atom. The number of aromatic nitrogens is 2. The van der Waals surface area contributed by atoms with Gasteiger partial charge in [0.25, 0.3) is 5.22 Å². The van der Waals surface area contributed by atoms with Crippen LogP contribution in [-0.4, -0.2) is 28.4 Å². The van der Waals surface area contributed by atoms with E-state index in [1.807, 2.05) is 73.7 Å². The third-order valence-corrected chi connectivity index (χ3v) is 5.82. The maximum absolute atomic E-state index is 12.9. The van der Waals surface area contributed by atoms with E-state index >= 15 is 0 Å². The molecule has 0 spiro atoms. The second-order valence-corrected chi connectivity index (χ2v) is 8.15. The van der Waals surface area contributed by atoms with Crippen LogP contribution in [0.15, 0.2) is 80.8 Å². The Morgan fingerprint density at radius 1 is 1.03 bits per heavy atom. The summed E-state index contributed by atoms with van der Waals surface area (Å²) in [6, 6.07) is 21.7. The average Bonchev–Trinajstić information content (AvgIpc) is 3.22. The molecule has 29 heavy (non-hydrogen) atoms. The highest BCUT2D eigenvalue weighted by Gasteiger charge is 2.18. The molecule has 0 fully saturated rings. The molecule has 3 aromatic carbocycles. The maximum atomic E-state index is 12.9. The fraction of sp³-hybridized carbons (Fsp3) is 0.136. The van der Waals surface area contributed by atoms with Gasteiger partial charge in [-0.1, -0.05) is 64.1 Å². The number of hydrogen-bond donors (Lipinski definition) is 0. The van der Waals surface area contributed by atoms with Crippen molar-refractivity contribution in [3.05, 3.63) is 71.2 Å². The van der Waals surface area contributed by atoms with Crippen molar-refractivity contribution in [2.24, 2.45) is 0 Å². The zero-order valence-electron chi connectivity index (χ0n) is 15.7. The highest BCUT2D eigenvalue weighted by Crippen LogP contribution is 2.29. The summed E-state index contributed by atoms with van der Waals surface area (Å²) in [5, 5.41) is 10.7. The molecule has 0 bridgehead atoms. The number of hydrogen-bond acceptors (Lipinski definition) is 5. The lowest BCUT2D eigenvalue weighted by Crippen LogP contribution is -2.32. The largest absolute Gasteiger partial charge is 0.411 e. The molecular weight excluding hydrogens is 450 g/mol. The third kappa shape index (κ3) is 4.36. The van der Waals surface area contributed by atoms with Crippen molar-refractivity contribution < 1.29 is 9.21 Å². The molecule has 0 N–H and O–H groups in total. The van der Waals surface area contributed by atoms with E-state index in [2.05, 4.69) is 26.1 Å². The van der Waals surface area contributed by atoms with Crippen LogP contribution in [0.5, 0.6) is 0 Å². The maximum Gasteiger partial charge on any atom is 0.277 e. The zero-order chi connectivity index (χ0) is 20.2. The molecule has 0 saturated heterocycles. The van der Waals surface area contributed by atoms with E-state index in [0.29, 0.717) is 17.7 Å². The molecule has 1 amide bonds. The van der Waals surface area contributed by atoms with Crippen LogP contribution in [0.2, 0.25) is 0 Å². The minimum Gasteiger partial charge on any atom is -0.411 e. The summed E-state index contributed by atoms with van der Waals surface area (Å²) < 4.78 is 6.68. The number of anilines is 1. The van der Waals surface area contributed by atoms with Gasteiger partial charge >= 0.3 is 0 Å². The number of rotatable bonds is 6. The van der Waals surface area contributed by atoms with Gasteiger partial charge in [-0.3, -0.25) is 4.79 Å². The predicted octanol–water partition coefficient (Wildman–Crippen LogP) is 5.80. The first-order valence-corrected chi connectivity index (χ1v) is 10.9. The van der Waals surface area contributed by atoms with Crippen LogP contribution in [0.25, 0.3) is 22.2 Å². The quantitative estimate of drug-likeness (QED) is 0.335. The summed E-state index contributed by atoms with van der Waals surface area (Å²) in [7, 11) is 0. The van der Waals surface area contributed by atoms with Crippen molar-refractivity contribution in [1.82, 2.24) is 10.2 Å². The van der Waals surface area contributed by atoms with Crippen molar-refractivity contribution in [3.63, 3.8) is 0 Å². The van der Waals surface area contributed by atoms with E-state index in [-0.39, 0.29) is 11.7 Å².